The average molecular weight is 449 g/mol. The summed E-state index contributed by atoms with van der Waals surface area (Å²) in [6.45, 7) is 13.7. The Morgan fingerprint density at radius 2 is 1.91 bits per heavy atom. The van der Waals surface area contributed by atoms with E-state index < -0.39 is 0 Å². The van der Waals surface area contributed by atoms with Gasteiger partial charge in [-0.25, -0.2) is 4.68 Å². The van der Waals surface area contributed by atoms with Crippen LogP contribution in [0.5, 0.6) is 0 Å². The molecule has 176 valence electrons. The first-order valence-corrected chi connectivity index (χ1v) is 12.0. The number of aromatic nitrogens is 4. The number of carbonyl (C=O) groups is 1. The number of hydrogen-bond acceptors (Lipinski definition) is 5. The van der Waals surface area contributed by atoms with Crippen LogP contribution >= 0.6 is 0 Å². The fraction of sp³-hybridized carbons (Fsp3) is 0.538. The number of rotatable bonds is 6. The van der Waals surface area contributed by atoms with Crippen LogP contribution in [-0.4, -0.2) is 54.4 Å². The van der Waals surface area contributed by atoms with Gasteiger partial charge in [-0.2, -0.15) is 0 Å². The maximum absolute atomic E-state index is 13.8. The summed E-state index contributed by atoms with van der Waals surface area (Å²) in [5.41, 5.74) is 2.93. The minimum absolute atomic E-state index is 0.0202. The summed E-state index contributed by atoms with van der Waals surface area (Å²) in [5.74, 6) is -0.0202. The number of piperidine rings is 1. The highest BCUT2D eigenvalue weighted by atomic mass is 16.2. The molecule has 0 unspecified atom stereocenters. The molecule has 7 nitrogen and oxygen atoms in total. The van der Waals surface area contributed by atoms with Gasteiger partial charge in [-0.15, -0.1) is 5.10 Å². The molecule has 1 aliphatic rings. The number of nitrogens with zero attached hydrogens (tertiary/aromatic N) is 5. The first-order chi connectivity index (χ1) is 15.6. The zero-order chi connectivity index (χ0) is 23.8. The Kier molecular flexibility index (Phi) is 6.27. The highest BCUT2D eigenvalue weighted by Crippen LogP contribution is 2.32. The van der Waals surface area contributed by atoms with Crippen LogP contribution in [0.2, 0.25) is 0 Å². The Morgan fingerprint density at radius 1 is 1.18 bits per heavy atom. The lowest BCUT2D eigenvalue weighted by atomic mass is 9.79. The van der Waals surface area contributed by atoms with Crippen LogP contribution in [0.1, 0.15) is 76.5 Å². The number of pyridine rings is 1. The number of benzene rings is 1. The van der Waals surface area contributed by atoms with E-state index in [-0.39, 0.29) is 23.0 Å². The second-order valence-corrected chi connectivity index (χ2v) is 10.6. The van der Waals surface area contributed by atoms with E-state index in [0.29, 0.717) is 5.69 Å². The van der Waals surface area contributed by atoms with E-state index in [2.05, 4.69) is 60.1 Å². The van der Waals surface area contributed by atoms with Gasteiger partial charge in [0, 0.05) is 35.2 Å². The number of nitrogens with one attached hydrogen (secondary N) is 1. The van der Waals surface area contributed by atoms with Crippen molar-refractivity contribution in [3.63, 3.8) is 0 Å². The van der Waals surface area contributed by atoms with Crippen LogP contribution in [0.3, 0.4) is 0 Å². The number of fused-ring (bicyclic) bond motifs is 1. The molecule has 4 rings (SSSR count). The summed E-state index contributed by atoms with van der Waals surface area (Å²) in [5, 5.41) is 13.5. The molecule has 0 spiro atoms. The zero-order valence-electron chi connectivity index (χ0n) is 20.7. The van der Waals surface area contributed by atoms with Gasteiger partial charge in [-0.1, -0.05) is 24.6 Å². The van der Waals surface area contributed by atoms with Crippen molar-refractivity contribution in [1.82, 2.24) is 30.2 Å². The molecular formula is C26H36N6O. The molecule has 1 fully saturated rings. The van der Waals surface area contributed by atoms with Crippen molar-refractivity contribution in [3.05, 3.63) is 47.9 Å². The summed E-state index contributed by atoms with van der Waals surface area (Å²) >= 11 is 0. The van der Waals surface area contributed by atoms with Gasteiger partial charge in [-0.3, -0.25) is 9.78 Å². The second kappa shape index (κ2) is 8.86. The van der Waals surface area contributed by atoms with E-state index in [4.69, 9.17) is 0 Å². The van der Waals surface area contributed by atoms with E-state index in [1.807, 2.05) is 37.3 Å². The van der Waals surface area contributed by atoms with E-state index >= 15 is 0 Å². The number of amides is 1. The van der Waals surface area contributed by atoms with Gasteiger partial charge in [0.1, 0.15) is 0 Å². The minimum Gasteiger partial charge on any atom is -0.334 e. The van der Waals surface area contributed by atoms with Crippen molar-refractivity contribution in [2.24, 2.45) is 0 Å². The maximum atomic E-state index is 13.8. The normalized spacial score (nSPS) is 17.9. The van der Waals surface area contributed by atoms with Crippen molar-refractivity contribution >= 4 is 16.8 Å². The smallest absolute Gasteiger partial charge is 0.276 e. The van der Waals surface area contributed by atoms with Gasteiger partial charge in [0.2, 0.25) is 0 Å². The molecule has 0 aliphatic carbocycles. The average Bonchev–Trinajstić information content (AvgIpc) is 3.12. The highest BCUT2D eigenvalue weighted by Gasteiger charge is 2.41. The largest absolute Gasteiger partial charge is 0.334 e. The van der Waals surface area contributed by atoms with E-state index in [9.17, 15) is 4.79 Å². The Labute approximate surface area is 196 Å². The maximum Gasteiger partial charge on any atom is 0.276 e. The fourth-order valence-electron chi connectivity index (χ4n) is 5.37. The molecule has 1 saturated heterocycles. The van der Waals surface area contributed by atoms with Crippen LogP contribution in [0.25, 0.3) is 16.6 Å². The SMILES string of the molecule is CCCCN(C(=O)c1nnn(-c2ccc3ncccc3c2)c1C)C1CC(C)(C)NC(C)(C)C1. The summed E-state index contributed by atoms with van der Waals surface area (Å²) in [7, 11) is 0. The predicted molar refractivity (Wildman–Crippen MR) is 132 cm³/mol. The Bertz CT molecular complexity index is 1130. The molecule has 1 N–H and O–H groups in total. The third kappa shape index (κ3) is 4.93. The quantitative estimate of drug-likeness (QED) is 0.593. The molecule has 7 heteroatoms. The highest BCUT2D eigenvalue weighted by molar-refractivity contribution is 5.93. The molecule has 1 aliphatic heterocycles. The number of hydrogen-bond donors (Lipinski definition) is 1. The van der Waals surface area contributed by atoms with Gasteiger partial charge in [-0.05, 0) is 78.1 Å². The molecule has 1 aromatic carbocycles. The third-order valence-electron chi connectivity index (χ3n) is 6.55. The van der Waals surface area contributed by atoms with Crippen molar-refractivity contribution in [3.8, 4) is 5.69 Å². The molecule has 0 bridgehead atoms. The van der Waals surface area contributed by atoms with Crippen LogP contribution in [0.15, 0.2) is 36.5 Å². The molecule has 2 aromatic heterocycles. The first kappa shape index (κ1) is 23.4. The standard InChI is InChI=1S/C26H36N6O/c1-7-8-14-31(21-16-25(3,4)29-26(5,6)17-21)24(33)23-18(2)32(30-28-23)20-11-12-22-19(15-20)10-9-13-27-22/h9-13,15,21,29H,7-8,14,16-17H2,1-6H3. The van der Waals surface area contributed by atoms with E-state index in [1.165, 1.54) is 0 Å². The van der Waals surface area contributed by atoms with Crippen LogP contribution in [0.4, 0.5) is 0 Å². The van der Waals surface area contributed by atoms with Gasteiger partial charge in [0.25, 0.3) is 5.91 Å². The molecule has 3 heterocycles. The summed E-state index contributed by atoms with van der Waals surface area (Å²) in [4.78, 5) is 20.3. The van der Waals surface area contributed by atoms with Crippen molar-refractivity contribution in [1.29, 1.82) is 0 Å². The second-order valence-electron chi connectivity index (χ2n) is 10.6. The molecule has 3 aromatic rings. The van der Waals surface area contributed by atoms with Crippen LogP contribution in [-0.2, 0) is 0 Å². The molecule has 33 heavy (non-hydrogen) atoms. The summed E-state index contributed by atoms with van der Waals surface area (Å²) < 4.78 is 1.76. The molecule has 0 radical (unpaired) electrons. The zero-order valence-corrected chi connectivity index (χ0v) is 20.7. The lowest BCUT2D eigenvalue weighted by molar-refractivity contribution is 0.0436. The molecule has 0 atom stereocenters. The lowest BCUT2D eigenvalue weighted by Gasteiger charge is -2.49. The van der Waals surface area contributed by atoms with E-state index in [0.717, 1.165) is 54.5 Å². The Hall–Kier alpha value is -2.80. The predicted octanol–water partition coefficient (Wildman–Crippen LogP) is 4.68. The summed E-state index contributed by atoms with van der Waals surface area (Å²) in [6, 6.07) is 10.1. The topological polar surface area (TPSA) is 75.9 Å². The fourth-order valence-corrected chi connectivity index (χ4v) is 5.37. The van der Waals surface area contributed by atoms with Gasteiger partial charge in [0.05, 0.1) is 16.9 Å². The Balaban J connectivity index is 1.66. The van der Waals surface area contributed by atoms with Crippen molar-refractivity contribution < 1.29 is 4.79 Å². The molecule has 0 saturated carbocycles. The molecule has 1 amide bonds. The van der Waals surface area contributed by atoms with Gasteiger partial charge < -0.3 is 10.2 Å². The monoisotopic (exact) mass is 448 g/mol. The number of unbranched alkanes of at least 4 members (excludes halogenated alkanes) is 1. The van der Waals surface area contributed by atoms with Gasteiger partial charge in [0.15, 0.2) is 5.69 Å². The number of carbonyl (C=O) groups excluding carboxylic acids is 1. The first-order valence-electron chi connectivity index (χ1n) is 12.0. The third-order valence-corrected chi connectivity index (χ3v) is 6.55. The van der Waals surface area contributed by atoms with Crippen LogP contribution < -0.4 is 5.32 Å². The van der Waals surface area contributed by atoms with Gasteiger partial charge >= 0.3 is 0 Å². The Morgan fingerprint density at radius 3 is 2.61 bits per heavy atom. The van der Waals surface area contributed by atoms with Crippen molar-refractivity contribution in [2.45, 2.75) is 84.3 Å². The molecular weight excluding hydrogens is 412 g/mol. The lowest BCUT2D eigenvalue weighted by Crippen LogP contribution is -2.63. The van der Waals surface area contributed by atoms with E-state index in [1.54, 1.807) is 10.9 Å². The van der Waals surface area contributed by atoms with Crippen molar-refractivity contribution in [2.75, 3.05) is 6.54 Å². The van der Waals surface area contributed by atoms with Crippen LogP contribution in [0, 0.1) is 6.92 Å². The minimum atomic E-state index is -0.0387. The summed E-state index contributed by atoms with van der Waals surface area (Å²) in [6.07, 6.45) is 5.63.